The van der Waals surface area contributed by atoms with Gasteiger partial charge in [-0.1, -0.05) is 56.3 Å². The molecule has 33 heavy (non-hydrogen) atoms. The number of hydrogen-bond donors (Lipinski definition) is 0. The van der Waals surface area contributed by atoms with E-state index in [0.717, 1.165) is 34.3 Å². The van der Waals surface area contributed by atoms with Crippen LogP contribution in [0, 0.1) is 5.82 Å². The molecule has 1 unspecified atom stereocenters. The Labute approximate surface area is 201 Å². The van der Waals surface area contributed by atoms with Gasteiger partial charge in [0.2, 0.25) is 0 Å². The molecule has 1 aliphatic heterocycles. The number of fused-ring (bicyclic) bond motifs is 1. The van der Waals surface area contributed by atoms with Gasteiger partial charge in [0.25, 0.3) is 5.91 Å². The van der Waals surface area contributed by atoms with E-state index in [0.29, 0.717) is 23.4 Å². The maximum absolute atomic E-state index is 13.7. The van der Waals surface area contributed by atoms with E-state index in [1.54, 1.807) is 12.1 Å². The number of benzene rings is 2. The van der Waals surface area contributed by atoms with Crippen molar-refractivity contribution in [3.8, 4) is 11.1 Å². The second-order valence-corrected chi connectivity index (χ2v) is 9.69. The van der Waals surface area contributed by atoms with Gasteiger partial charge in [-0.25, -0.2) is 9.37 Å². The van der Waals surface area contributed by atoms with Gasteiger partial charge in [-0.15, -0.1) is 0 Å². The Hall–Kier alpha value is -2.99. The largest absolute Gasteiger partial charge is 0.337 e. The average Bonchev–Trinajstić information content (AvgIpc) is 3.44. The van der Waals surface area contributed by atoms with E-state index in [1.165, 1.54) is 6.07 Å². The van der Waals surface area contributed by atoms with E-state index >= 15 is 0 Å². The van der Waals surface area contributed by atoms with Crippen molar-refractivity contribution in [2.45, 2.75) is 32.1 Å². The molecular weight excluding hydrogens is 481 g/mol. The number of carbonyl (C=O) groups is 1. The Kier molecular flexibility index (Phi) is 5.79. The zero-order chi connectivity index (χ0) is 23.1. The molecule has 1 atom stereocenters. The van der Waals surface area contributed by atoms with Crippen LogP contribution in [-0.4, -0.2) is 33.3 Å². The number of aromatic nitrogens is 2. The molecule has 0 bridgehead atoms. The monoisotopic (exact) mass is 505 g/mol. The molecule has 4 nitrogen and oxygen atoms in total. The Balaban J connectivity index is 1.50. The Morgan fingerprint density at radius 3 is 2.61 bits per heavy atom. The van der Waals surface area contributed by atoms with Crippen LogP contribution in [0.15, 0.2) is 71.5 Å². The third kappa shape index (κ3) is 4.08. The summed E-state index contributed by atoms with van der Waals surface area (Å²) in [5, 5.41) is 0. The van der Waals surface area contributed by atoms with Gasteiger partial charge < -0.3 is 4.90 Å². The molecule has 1 aliphatic rings. The molecule has 0 radical (unpaired) electrons. The molecule has 0 spiro atoms. The lowest BCUT2D eigenvalue weighted by molar-refractivity contribution is 0.0784. The molecule has 6 heteroatoms. The first-order valence-electron chi connectivity index (χ1n) is 11.2. The molecule has 2 aromatic carbocycles. The summed E-state index contributed by atoms with van der Waals surface area (Å²) in [6.45, 7) is 5.47. The van der Waals surface area contributed by atoms with Gasteiger partial charge in [-0.2, -0.15) is 0 Å². The minimum absolute atomic E-state index is 0.0968. The van der Waals surface area contributed by atoms with Crippen molar-refractivity contribution in [3.63, 3.8) is 0 Å². The van der Waals surface area contributed by atoms with Crippen LogP contribution in [0.3, 0.4) is 0 Å². The Morgan fingerprint density at radius 1 is 1.09 bits per heavy atom. The highest BCUT2D eigenvalue weighted by Crippen LogP contribution is 2.33. The van der Waals surface area contributed by atoms with E-state index in [4.69, 9.17) is 4.98 Å². The maximum Gasteiger partial charge on any atom is 0.275 e. The third-order valence-electron chi connectivity index (χ3n) is 6.42. The van der Waals surface area contributed by atoms with Crippen LogP contribution in [0.5, 0.6) is 0 Å². The van der Waals surface area contributed by atoms with E-state index in [1.807, 2.05) is 39.8 Å². The highest BCUT2D eigenvalue weighted by atomic mass is 79.9. The van der Waals surface area contributed by atoms with Crippen molar-refractivity contribution in [2.75, 3.05) is 13.1 Å². The van der Waals surface area contributed by atoms with Crippen LogP contribution in [-0.2, 0) is 0 Å². The van der Waals surface area contributed by atoms with E-state index in [-0.39, 0.29) is 23.6 Å². The van der Waals surface area contributed by atoms with Crippen molar-refractivity contribution >= 4 is 27.5 Å². The molecule has 0 N–H and O–H groups in total. The standard InChI is InChI=1S/C27H25BrFN3O/c1-17(2)23-14-21(18-7-4-3-5-8-18)16-32-25(28)24(30-26(23)32)27(33)31-12-11-20(15-31)19-9-6-10-22(29)13-19/h3-10,13-14,16-17,20H,11-12,15H2,1-2H3. The predicted molar refractivity (Wildman–Crippen MR) is 132 cm³/mol. The van der Waals surface area contributed by atoms with E-state index in [9.17, 15) is 9.18 Å². The average molecular weight is 506 g/mol. The normalized spacial score (nSPS) is 16.2. The van der Waals surface area contributed by atoms with E-state index < -0.39 is 0 Å². The molecule has 1 saturated heterocycles. The summed E-state index contributed by atoms with van der Waals surface area (Å²) in [6.07, 6.45) is 2.85. The second-order valence-electron chi connectivity index (χ2n) is 8.94. The van der Waals surface area contributed by atoms with Gasteiger partial charge in [0.1, 0.15) is 16.1 Å². The SMILES string of the molecule is CC(C)c1cc(-c2ccccc2)cn2c(Br)c(C(=O)N3CCC(c4cccc(F)c4)C3)nc12. The second kappa shape index (κ2) is 8.75. The van der Waals surface area contributed by atoms with Gasteiger partial charge in [-0.3, -0.25) is 9.20 Å². The molecule has 5 rings (SSSR count). The summed E-state index contributed by atoms with van der Waals surface area (Å²) >= 11 is 3.66. The summed E-state index contributed by atoms with van der Waals surface area (Å²) in [5.41, 5.74) is 5.44. The number of rotatable bonds is 4. The first-order valence-corrected chi connectivity index (χ1v) is 12.0. The van der Waals surface area contributed by atoms with Crippen molar-refractivity contribution in [1.82, 2.24) is 14.3 Å². The summed E-state index contributed by atoms with van der Waals surface area (Å²) in [7, 11) is 0. The summed E-state index contributed by atoms with van der Waals surface area (Å²) in [5.74, 6) is 0.0465. The van der Waals surface area contributed by atoms with Crippen LogP contribution < -0.4 is 0 Å². The van der Waals surface area contributed by atoms with Crippen LogP contribution in [0.2, 0.25) is 0 Å². The summed E-state index contributed by atoms with van der Waals surface area (Å²) in [6, 6.07) is 19.1. The molecule has 1 fully saturated rings. The first-order chi connectivity index (χ1) is 15.9. The Morgan fingerprint density at radius 2 is 1.88 bits per heavy atom. The number of imidazole rings is 1. The van der Waals surface area contributed by atoms with Crippen LogP contribution in [0.25, 0.3) is 16.8 Å². The zero-order valence-electron chi connectivity index (χ0n) is 18.6. The van der Waals surface area contributed by atoms with Crippen LogP contribution in [0.1, 0.15) is 53.7 Å². The lowest BCUT2D eigenvalue weighted by Gasteiger charge is -2.15. The molecule has 0 aliphatic carbocycles. The highest BCUT2D eigenvalue weighted by Gasteiger charge is 2.31. The first kappa shape index (κ1) is 21.8. The van der Waals surface area contributed by atoms with Crippen LogP contribution in [0.4, 0.5) is 4.39 Å². The Bertz CT molecular complexity index is 1330. The van der Waals surface area contributed by atoms with Gasteiger partial charge >= 0.3 is 0 Å². The predicted octanol–water partition coefficient (Wildman–Crippen LogP) is 6.66. The van der Waals surface area contributed by atoms with Crippen molar-refractivity contribution in [3.05, 3.63) is 94.1 Å². The van der Waals surface area contributed by atoms with Gasteiger partial charge in [0, 0.05) is 25.2 Å². The van der Waals surface area contributed by atoms with Gasteiger partial charge in [0.15, 0.2) is 5.69 Å². The third-order valence-corrected chi connectivity index (χ3v) is 7.18. The summed E-state index contributed by atoms with van der Waals surface area (Å²) < 4.78 is 16.3. The number of carbonyl (C=O) groups excluding carboxylic acids is 1. The number of amides is 1. The number of likely N-dealkylation sites (tertiary alicyclic amines) is 1. The molecule has 2 aromatic heterocycles. The molecule has 168 valence electrons. The molecule has 3 heterocycles. The number of pyridine rings is 1. The molecule has 0 saturated carbocycles. The molecule has 4 aromatic rings. The van der Waals surface area contributed by atoms with Crippen LogP contribution >= 0.6 is 15.9 Å². The fraction of sp³-hybridized carbons (Fsp3) is 0.259. The van der Waals surface area contributed by atoms with Crippen molar-refractivity contribution < 1.29 is 9.18 Å². The van der Waals surface area contributed by atoms with E-state index in [2.05, 4.69) is 48.0 Å². The quantitative estimate of drug-likeness (QED) is 0.311. The lowest BCUT2D eigenvalue weighted by atomic mass is 9.98. The number of halogens is 2. The number of hydrogen-bond acceptors (Lipinski definition) is 2. The van der Waals surface area contributed by atoms with Gasteiger partial charge in [0.05, 0.1) is 0 Å². The lowest BCUT2D eigenvalue weighted by Crippen LogP contribution is -2.29. The minimum atomic E-state index is -0.240. The fourth-order valence-corrected chi connectivity index (χ4v) is 5.15. The number of nitrogens with zero attached hydrogens (tertiary/aromatic N) is 3. The smallest absolute Gasteiger partial charge is 0.275 e. The molecule has 1 amide bonds. The van der Waals surface area contributed by atoms with Crippen molar-refractivity contribution in [2.24, 2.45) is 0 Å². The van der Waals surface area contributed by atoms with Crippen molar-refractivity contribution in [1.29, 1.82) is 0 Å². The topological polar surface area (TPSA) is 37.6 Å². The maximum atomic E-state index is 13.7. The summed E-state index contributed by atoms with van der Waals surface area (Å²) in [4.78, 5) is 20.1. The molecular formula is C27H25BrFN3O. The minimum Gasteiger partial charge on any atom is -0.337 e. The highest BCUT2D eigenvalue weighted by molar-refractivity contribution is 9.10. The van der Waals surface area contributed by atoms with Gasteiger partial charge in [-0.05, 0) is 68.7 Å². The fourth-order valence-electron chi connectivity index (χ4n) is 4.62. The zero-order valence-corrected chi connectivity index (χ0v) is 20.2.